The summed E-state index contributed by atoms with van der Waals surface area (Å²) in [5.74, 6) is -2.63. The molecule has 0 aliphatic carbocycles. The molecule has 84 valence electrons. The van der Waals surface area contributed by atoms with E-state index in [0.717, 1.165) is 0 Å². The zero-order valence-corrected chi connectivity index (χ0v) is 8.56. The van der Waals surface area contributed by atoms with Crippen LogP contribution < -0.4 is 5.32 Å². The van der Waals surface area contributed by atoms with Crippen LogP contribution in [0.1, 0.15) is 6.92 Å². The Morgan fingerprint density at radius 3 is 2.57 bits per heavy atom. The van der Waals surface area contributed by atoms with Gasteiger partial charge in [0.15, 0.2) is 0 Å². The number of nitrogens with one attached hydrogen (secondary N) is 1. The van der Waals surface area contributed by atoms with Crippen LogP contribution in [0, 0.1) is 0 Å². The van der Waals surface area contributed by atoms with E-state index in [0.29, 0.717) is 32.8 Å². The fraction of sp³-hybridized carbons (Fsp3) is 1.00. The van der Waals surface area contributed by atoms with Crippen LogP contribution in [0.4, 0.5) is 8.78 Å². The van der Waals surface area contributed by atoms with Crippen molar-refractivity contribution < 1.29 is 13.5 Å². The molecule has 5 heteroatoms. The van der Waals surface area contributed by atoms with Crippen molar-refractivity contribution in [1.82, 2.24) is 10.2 Å². The second-order valence-corrected chi connectivity index (χ2v) is 3.52. The lowest BCUT2D eigenvalue weighted by atomic mass is 10.3. The average molecular weight is 208 g/mol. The number of ether oxygens (including phenoxy) is 1. The Bertz CT molecular complexity index is 161. The summed E-state index contributed by atoms with van der Waals surface area (Å²) in [6, 6.07) is 0. The molecule has 1 fully saturated rings. The van der Waals surface area contributed by atoms with E-state index in [4.69, 9.17) is 4.74 Å². The van der Waals surface area contributed by atoms with Gasteiger partial charge >= 0.3 is 0 Å². The van der Waals surface area contributed by atoms with E-state index in [-0.39, 0.29) is 13.1 Å². The molecule has 1 aliphatic heterocycles. The van der Waals surface area contributed by atoms with Crippen LogP contribution in [0.2, 0.25) is 0 Å². The molecule has 3 nitrogen and oxygen atoms in total. The number of morpholine rings is 1. The van der Waals surface area contributed by atoms with Crippen molar-refractivity contribution in [1.29, 1.82) is 0 Å². The van der Waals surface area contributed by atoms with Crippen molar-refractivity contribution in [2.45, 2.75) is 12.8 Å². The van der Waals surface area contributed by atoms with Crippen molar-refractivity contribution in [2.24, 2.45) is 0 Å². The first-order valence-corrected chi connectivity index (χ1v) is 5.03. The first-order chi connectivity index (χ1) is 6.64. The summed E-state index contributed by atoms with van der Waals surface area (Å²) in [7, 11) is 0. The van der Waals surface area contributed by atoms with E-state index < -0.39 is 5.92 Å². The van der Waals surface area contributed by atoms with Gasteiger partial charge < -0.3 is 10.1 Å². The van der Waals surface area contributed by atoms with E-state index in [2.05, 4.69) is 5.32 Å². The number of halogens is 2. The minimum Gasteiger partial charge on any atom is -0.379 e. The van der Waals surface area contributed by atoms with Crippen LogP contribution >= 0.6 is 0 Å². The van der Waals surface area contributed by atoms with Gasteiger partial charge in [-0.1, -0.05) is 6.92 Å². The molecule has 0 radical (unpaired) electrons. The lowest BCUT2D eigenvalue weighted by molar-refractivity contribution is -0.0550. The molecule has 0 atom stereocenters. The van der Waals surface area contributed by atoms with Crippen LogP contribution in [0.5, 0.6) is 0 Å². The predicted octanol–water partition coefficient (Wildman–Crippen LogP) is 0.563. The Morgan fingerprint density at radius 1 is 1.36 bits per heavy atom. The Kier molecular flexibility index (Phi) is 4.71. The van der Waals surface area contributed by atoms with Gasteiger partial charge in [-0.2, -0.15) is 0 Å². The molecule has 1 saturated heterocycles. The molecule has 14 heavy (non-hydrogen) atoms. The van der Waals surface area contributed by atoms with Gasteiger partial charge in [-0.15, -0.1) is 0 Å². The topological polar surface area (TPSA) is 24.5 Å². The molecule has 0 saturated carbocycles. The highest BCUT2D eigenvalue weighted by Crippen LogP contribution is 2.14. The molecule has 0 aromatic rings. The Balaban J connectivity index is 2.25. The first kappa shape index (κ1) is 11.8. The zero-order chi connectivity index (χ0) is 10.4. The van der Waals surface area contributed by atoms with Crippen LogP contribution in [0.15, 0.2) is 0 Å². The minimum absolute atomic E-state index is 0.163. The maximum Gasteiger partial charge on any atom is 0.272 e. The number of alkyl halides is 2. The van der Waals surface area contributed by atoms with E-state index in [1.165, 1.54) is 0 Å². The van der Waals surface area contributed by atoms with Crippen LogP contribution in [-0.2, 0) is 4.74 Å². The molecule has 0 unspecified atom stereocenters. The van der Waals surface area contributed by atoms with Gasteiger partial charge in [0.05, 0.1) is 26.3 Å². The SMILES string of the molecule is CCNCC(F)(F)CN1CCOCC1. The highest BCUT2D eigenvalue weighted by atomic mass is 19.3. The standard InChI is InChI=1S/C9H18F2N2O/c1-2-12-7-9(10,11)8-13-3-5-14-6-4-13/h12H,2-8H2,1H3. The first-order valence-electron chi connectivity index (χ1n) is 5.03. The monoisotopic (exact) mass is 208 g/mol. The average Bonchev–Trinajstić information content (AvgIpc) is 2.16. The van der Waals surface area contributed by atoms with Crippen molar-refractivity contribution in [3.05, 3.63) is 0 Å². The number of hydrogen-bond donors (Lipinski definition) is 1. The van der Waals surface area contributed by atoms with Crippen LogP contribution in [-0.4, -0.2) is 56.8 Å². The van der Waals surface area contributed by atoms with Gasteiger partial charge in [0.1, 0.15) is 0 Å². The smallest absolute Gasteiger partial charge is 0.272 e. The third-order valence-corrected chi connectivity index (χ3v) is 2.19. The molecular weight excluding hydrogens is 190 g/mol. The summed E-state index contributed by atoms with van der Waals surface area (Å²) in [6.45, 7) is 4.37. The molecule has 0 spiro atoms. The lowest BCUT2D eigenvalue weighted by Gasteiger charge is -2.30. The Hall–Kier alpha value is -0.260. The third kappa shape index (κ3) is 4.30. The summed E-state index contributed by atoms with van der Waals surface area (Å²) in [6.07, 6.45) is 0. The lowest BCUT2D eigenvalue weighted by Crippen LogP contribution is -2.47. The molecular formula is C9H18F2N2O. The van der Waals surface area contributed by atoms with Gasteiger partial charge in [0.2, 0.25) is 0 Å². The van der Waals surface area contributed by atoms with Crippen molar-refractivity contribution in [3.8, 4) is 0 Å². The highest BCUT2D eigenvalue weighted by Gasteiger charge is 2.31. The largest absolute Gasteiger partial charge is 0.379 e. The quantitative estimate of drug-likeness (QED) is 0.714. The second kappa shape index (κ2) is 5.58. The van der Waals surface area contributed by atoms with Gasteiger partial charge in [0.25, 0.3) is 5.92 Å². The van der Waals surface area contributed by atoms with Crippen molar-refractivity contribution in [2.75, 3.05) is 45.9 Å². The second-order valence-electron chi connectivity index (χ2n) is 3.52. The number of hydrogen-bond acceptors (Lipinski definition) is 3. The summed E-state index contributed by atoms with van der Waals surface area (Å²) in [5.41, 5.74) is 0. The zero-order valence-electron chi connectivity index (χ0n) is 8.56. The van der Waals surface area contributed by atoms with E-state index in [1.807, 2.05) is 6.92 Å². The van der Waals surface area contributed by atoms with Gasteiger partial charge in [-0.3, -0.25) is 4.90 Å². The highest BCUT2D eigenvalue weighted by molar-refractivity contribution is 4.75. The molecule has 1 aliphatic rings. The normalized spacial score (nSPS) is 19.9. The van der Waals surface area contributed by atoms with Gasteiger partial charge in [-0.25, -0.2) is 8.78 Å². The van der Waals surface area contributed by atoms with Crippen molar-refractivity contribution >= 4 is 0 Å². The Labute approximate surface area is 83.4 Å². The maximum absolute atomic E-state index is 13.3. The maximum atomic E-state index is 13.3. The van der Waals surface area contributed by atoms with Crippen LogP contribution in [0.25, 0.3) is 0 Å². The molecule has 0 amide bonds. The summed E-state index contributed by atoms with van der Waals surface area (Å²) in [4.78, 5) is 1.75. The van der Waals surface area contributed by atoms with Crippen LogP contribution in [0.3, 0.4) is 0 Å². The molecule has 0 bridgehead atoms. The van der Waals surface area contributed by atoms with E-state index in [1.54, 1.807) is 4.90 Å². The van der Waals surface area contributed by atoms with E-state index in [9.17, 15) is 8.78 Å². The molecule has 0 aromatic heterocycles. The number of nitrogens with zero attached hydrogens (tertiary/aromatic N) is 1. The van der Waals surface area contributed by atoms with Gasteiger partial charge in [0, 0.05) is 13.1 Å². The summed E-state index contributed by atoms with van der Waals surface area (Å²) >= 11 is 0. The Morgan fingerprint density at radius 2 is 2.00 bits per heavy atom. The summed E-state index contributed by atoms with van der Waals surface area (Å²) in [5, 5.41) is 2.67. The van der Waals surface area contributed by atoms with Gasteiger partial charge in [-0.05, 0) is 6.54 Å². The fourth-order valence-electron chi connectivity index (χ4n) is 1.45. The third-order valence-electron chi connectivity index (χ3n) is 2.19. The molecule has 1 N–H and O–H groups in total. The van der Waals surface area contributed by atoms with Crippen molar-refractivity contribution in [3.63, 3.8) is 0 Å². The molecule has 1 rings (SSSR count). The molecule has 1 heterocycles. The fourth-order valence-corrected chi connectivity index (χ4v) is 1.45. The molecule has 0 aromatic carbocycles. The number of rotatable bonds is 5. The predicted molar refractivity (Wildman–Crippen MR) is 50.7 cm³/mol. The summed E-state index contributed by atoms with van der Waals surface area (Å²) < 4.78 is 31.6. The minimum atomic E-state index is -2.63. The van der Waals surface area contributed by atoms with E-state index >= 15 is 0 Å².